The summed E-state index contributed by atoms with van der Waals surface area (Å²) >= 11 is 0. The van der Waals surface area contributed by atoms with Gasteiger partial charge in [-0.15, -0.1) is 0 Å². The van der Waals surface area contributed by atoms with Gasteiger partial charge in [-0.1, -0.05) is 0 Å². The van der Waals surface area contributed by atoms with Crippen LogP contribution in [0.1, 0.15) is 43.4 Å². The van der Waals surface area contributed by atoms with Gasteiger partial charge in [0.05, 0.1) is 12.6 Å². The Labute approximate surface area is 135 Å². The van der Waals surface area contributed by atoms with Gasteiger partial charge in [0.2, 0.25) is 0 Å². The molecule has 3 atom stereocenters. The van der Waals surface area contributed by atoms with Gasteiger partial charge in [-0.2, -0.15) is 5.26 Å². The lowest BCUT2D eigenvalue weighted by Gasteiger charge is -2.34. The number of amides is 1. The van der Waals surface area contributed by atoms with Crippen LogP contribution in [0.4, 0.5) is 0 Å². The molecule has 120 valence electrons. The lowest BCUT2D eigenvalue weighted by molar-refractivity contribution is -0.156. The number of carbonyl (C=O) groups is 1. The Bertz CT molecular complexity index is 710. The highest BCUT2D eigenvalue weighted by Crippen LogP contribution is 2.48. The molecule has 1 aliphatic carbocycles. The highest BCUT2D eigenvalue weighted by Gasteiger charge is 2.53. The van der Waals surface area contributed by atoms with Crippen LogP contribution in [-0.4, -0.2) is 41.2 Å². The van der Waals surface area contributed by atoms with Crippen LogP contribution in [-0.2, 0) is 9.53 Å². The number of hydrogen-bond donors (Lipinski definition) is 0. The average Bonchev–Trinajstić information content (AvgIpc) is 3.38. The molecule has 2 fully saturated rings. The van der Waals surface area contributed by atoms with Crippen LogP contribution in [0.2, 0.25) is 0 Å². The molecule has 23 heavy (non-hydrogen) atoms. The van der Waals surface area contributed by atoms with Gasteiger partial charge in [0.25, 0.3) is 5.91 Å². The first-order valence-corrected chi connectivity index (χ1v) is 7.99. The summed E-state index contributed by atoms with van der Waals surface area (Å²) in [7, 11) is 1.61. The lowest BCUT2D eigenvalue weighted by atomic mass is 9.95. The molecule has 0 aromatic carbocycles. The first-order valence-electron chi connectivity index (χ1n) is 7.99. The molecule has 2 bridgehead atoms. The zero-order valence-electron chi connectivity index (χ0n) is 13.3. The van der Waals surface area contributed by atoms with Crippen molar-refractivity contribution in [1.82, 2.24) is 9.88 Å². The van der Waals surface area contributed by atoms with Crippen molar-refractivity contribution in [1.29, 1.82) is 5.26 Å². The van der Waals surface area contributed by atoms with E-state index in [0.29, 0.717) is 23.8 Å². The zero-order valence-corrected chi connectivity index (χ0v) is 13.3. The Kier molecular flexibility index (Phi) is 3.10. The van der Waals surface area contributed by atoms with Crippen molar-refractivity contribution in [2.75, 3.05) is 13.7 Å². The Balaban J connectivity index is 1.70. The van der Waals surface area contributed by atoms with E-state index in [-0.39, 0.29) is 18.1 Å². The number of likely N-dealkylation sites (tertiary alicyclic amines) is 1. The number of nitriles is 1. The van der Waals surface area contributed by atoms with Crippen molar-refractivity contribution in [3.05, 3.63) is 23.5 Å². The fourth-order valence-electron chi connectivity index (χ4n) is 3.83. The fourth-order valence-corrected chi connectivity index (χ4v) is 3.83. The highest BCUT2D eigenvalue weighted by atomic mass is 16.5. The fraction of sp³-hybridized carbons (Fsp3) is 0.588. The molecule has 0 radical (unpaired) electrons. The van der Waals surface area contributed by atoms with E-state index in [4.69, 9.17) is 9.47 Å². The van der Waals surface area contributed by atoms with Crippen LogP contribution in [0.5, 0.6) is 5.75 Å². The van der Waals surface area contributed by atoms with Gasteiger partial charge in [0, 0.05) is 31.5 Å². The van der Waals surface area contributed by atoms with E-state index in [2.05, 4.69) is 11.1 Å². The molecule has 1 aromatic heterocycles. The standard InChI is InChI=1S/C17H19N3O3/c1-17(22-2,11-3-4-11)16(21)20-9-12-5-14(20)13-8-19-7-10(6-18)15(13)23-12/h7-8,11-12,14H,3-5,9H2,1-2H3/t12-,14-,17-/m0/s1. The van der Waals surface area contributed by atoms with Crippen LogP contribution in [0.15, 0.2) is 12.4 Å². The monoisotopic (exact) mass is 313 g/mol. The molecule has 1 amide bonds. The van der Waals surface area contributed by atoms with Crippen LogP contribution in [0.3, 0.4) is 0 Å². The SMILES string of the molecule is CO[C@](C)(C(=O)N1C[C@@H]2C[C@H]1c1cncc(C#N)c1O2)C1CC1. The largest absolute Gasteiger partial charge is 0.487 e. The van der Waals surface area contributed by atoms with Crippen molar-refractivity contribution >= 4 is 5.91 Å². The Hall–Kier alpha value is -2.13. The molecule has 0 spiro atoms. The number of nitrogens with zero attached hydrogens (tertiary/aromatic N) is 3. The van der Waals surface area contributed by atoms with Crippen LogP contribution < -0.4 is 4.74 Å². The Morgan fingerprint density at radius 2 is 2.30 bits per heavy atom. The predicted molar refractivity (Wildman–Crippen MR) is 80.6 cm³/mol. The van der Waals surface area contributed by atoms with Gasteiger partial charge in [-0.05, 0) is 25.7 Å². The molecule has 0 unspecified atom stereocenters. The molecule has 3 heterocycles. The summed E-state index contributed by atoms with van der Waals surface area (Å²) in [4.78, 5) is 19.1. The van der Waals surface area contributed by atoms with E-state index in [1.54, 1.807) is 13.3 Å². The summed E-state index contributed by atoms with van der Waals surface area (Å²) in [6.07, 6.45) is 5.98. The van der Waals surface area contributed by atoms with E-state index in [0.717, 1.165) is 24.8 Å². The number of fused-ring (bicyclic) bond motifs is 4. The minimum Gasteiger partial charge on any atom is -0.487 e. The first-order chi connectivity index (χ1) is 11.1. The summed E-state index contributed by atoms with van der Waals surface area (Å²) in [5, 5.41) is 9.24. The van der Waals surface area contributed by atoms with Gasteiger partial charge >= 0.3 is 0 Å². The molecule has 1 saturated heterocycles. The second-order valence-electron chi connectivity index (χ2n) is 6.75. The molecule has 6 heteroatoms. The highest BCUT2D eigenvalue weighted by molar-refractivity contribution is 5.86. The second kappa shape index (κ2) is 4.93. The third kappa shape index (κ3) is 2.03. The van der Waals surface area contributed by atoms with Crippen molar-refractivity contribution in [2.24, 2.45) is 5.92 Å². The number of aromatic nitrogens is 1. The van der Waals surface area contributed by atoms with Crippen LogP contribution >= 0.6 is 0 Å². The maximum atomic E-state index is 13.1. The summed E-state index contributed by atoms with van der Waals surface area (Å²) in [6.45, 7) is 2.43. The number of hydrogen-bond acceptors (Lipinski definition) is 5. The molecule has 1 saturated carbocycles. The minimum absolute atomic E-state index is 0.0220. The summed E-state index contributed by atoms with van der Waals surface area (Å²) in [5.41, 5.74) is 0.501. The maximum absolute atomic E-state index is 13.1. The Morgan fingerprint density at radius 1 is 1.52 bits per heavy atom. The van der Waals surface area contributed by atoms with Gasteiger partial charge in [-0.25, -0.2) is 0 Å². The van der Waals surface area contributed by atoms with E-state index < -0.39 is 5.60 Å². The van der Waals surface area contributed by atoms with E-state index in [1.807, 2.05) is 11.8 Å². The number of rotatable bonds is 3. The molecule has 6 nitrogen and oxygen atoms in total. The summed E-state index contributed by atoms with van der Waals surface area (Å²) in [5.74, 6) is 0.905. The quantitative estimate of drug-likeness (QED) is 0.850. The maximum Gasteiger partial charge on any atom is 0.255 e. The molecule has 2 aliphatic heterocycles. The average molecular weight is 313 g/mol. The molecule has 1 aromatic rings. The molecule has 4 rings (SSSR count). The Morgan fingerprint density at radius 3 is 2.96 bits per heavy atom. The van der Waals surface area contributed by atoms with Crippen molar-refractivity contribution in [3.8, 4) is 11.8 Å². The topological polar surface area (TPSA) is 75.5 Å². The van der Waals surface area contributed by atoms with Gasteiger partial charge in [-0.3, -0.25) is 9.78 Å². The smallest absolute Gasteiger partial charge is 0.255 e. The van der Waals surface area contributed by atoms with Gasteiger partial charge < -0.3 is 14.4 Å². The number of methoxy groups -OCH3 is 1. The van der Waals surface area contributed by atoms with Crippen molar-refractivity contribution < 1.29 is 14.3 Å². The van der Waals surface area contributed by atoms with E-state index in [9.17, 15) is 10.1 Å². The van der Waals surface area contributed by atoms with Crippen LogP contribution in [0, 0.1) is 17.2 Å². The van der Waals surface area contributed by atoms with Crippen molar-refractivity contribution in [3.63, 3.8) is 0 Å². The summed E-state index contributed by atoms with van der Waals surface area (Å²) < 4.78 is 11.6. The minimum atomic E-state index is -0.766. The second-order valence-corrected chi connectivity index (χ2v) is 6.75. The normalized spacial score (nSPS) is 27.6. The number of ether oxygens (including phenoxy) is 2. The lowest BCUT2D eigenvalue weighted by Crippen LogP contribution is -2.49. The van der Waals surface area contributed by atoms with Gasteiger partial charge in [0.1, 0.15) is 29.1 Å². The molecular formula is C17H19N3O3. The van der Waals surface area contributed by atoms with Gasteiger partial charge in [0.15, 0.2) is 0 Å². The zero-order chi connectivity index (χ0) is 16.2. The predicted octanol–water partition coefficient (Wildman–Crippen LogP) is 1.80. The first kappa shape index (κ1) is 14.5. The number of pyridine rings is 1. The number of carbonyl (C=O) groups excluding carboxylic acids is 1. The molecule has 0 N–H and O–H groups in total. The third-order valence-corrected chi connectivity index (χ3v) is 5.42. The summed E-state index contributed by atoms with van der Waals surface area (Å²) in [6, 6.07) is 2.04. The van der Waals surface area contributed by atoms with E-state index in [1.165, 1.54) is 6.20 Å². The molecule has 3 aliphatic rings. The van der Waals surface area contributed by atoms with Crippen molar-refractivity contribution in [2.45, 2.75) is 43.9 Å². The molecular weight excluding hydrogens is 294 g/mol. The van der Waals surface area contributed by atoms with E-state index >= 15 is 0 Å². The third-order valence-electron chi connectivity index (χ3n) is 5.42. The van der Waals surface area contributed by atoms with Crippen LogP contribution in [0.25, 0.3) is 0 Å².